The monoisotopic (exact) mass is 404 g/mol. The van der Waals surface area contributed by atoms with Crippen molar-refractivity contribution in [2.24, 2.45) is 34.5 Å². The molecule has 0 aliphatic heterocycles. The normalized spacial score (nSPS) is 46.3. The lowest BCUT2D eigenvalue weighted by Gasteiger charge is -2.59. The minimum Gasteiger partial charge on any atom is -0.463 e. The van der Waals surface area contributed by atoms with Crippen molar-refractivity contribution in [3.8, 4) is 0 Å². The van der Waals surface area contributed by atoms with E-state index in [4.69, 9.17) is 9.47 Å². The number of fused-ring (bicyclic) bond motifs is 5. The van der Waals surface area contributed by atoms with Gasteiger partial charge in [-0.25, -0.2) is 0 Å². The fourth-order valence-electron chi connectivity index (χ4n) is 7.46. The minimum atomic E-state index is -0.675. The van der Waals surface area contributed by atoms with Gasteiger partial charge < -0.3 is 9.47 Å². The van der Waals surface area contributed by atoms with Crippen LogP contribution in [0.4, 0.5) is 0 Å². The van der Waals surface area contributed by atoms with Crippen LogP contribution in [0.2, 0.25) is 0 Å². The van der Waals surface area contributed by atoms with Gasteiger partial charge in [0.05, 0.1) is 0 Å². The summed E-state index contributed by atoms with van der Waals surface area (Å²) in [6, 6.07) is 0. The molecule has 0 aromatic rings. The first-order valence-electron chi connectivity index (χ1n) is 11.0. The molecule has 0 amide bonds. The minimum absolute atomic E-state index is 0.00615. The summed E-state index contributed by atoms with van der Waals surface area (Å²) in [6.45, 7) is 7.08. The van der Waals surface area contributed by atoms with Gasteiger partial charge in [0.15, 0.2) is 11.9 Å². The van der Waals surface area contributed by atoms with Crippen LogP contribution in [0.5, 0.6) is 0 Å². The van der Waals surface area contributed by atoms with E-state index >= 15 is 0 Å². The highest BCUT2D eigenvalue weighted by atomic mass is 16.5. The van der Waals surface area contributed by atoms with Crippen molar-refractivity contribution in [3.05, 3.63) is 0 Å². The molecule has 0 bridgehead atoms. The molecule has 160 valence electrons. The van der Waals surface area contributed by atoms with Crippen LogP contribution in [0.1, 0.15) is 72.6 Å². The van der Waals surface area contributed by atoms with Crippen LogP contribution >= 0.6 is 0 Å². The Kier molecular flexibility index (Phi) is 4.90. The Balaban J connectivity index is 1.60. The van der Waals surface area contributed by atoms with Gasteiger partial charge in [0, 0.05) is 38.0 Å². The van der Waals surface area contributed by atoms with Crippen molar-refractivity contribution in [2.45, 2.75) is 84.8 Å². The number of carbonyl (C=O) groups is 4. The molecule has 6 heteroatoms. The number of rotatable bonds is 2. The van der Waals surface area contributed by atoms with E-state index in [0.29, 0.717) is 25.2 Å². The summed E-state index contributed by atoms with van der Waals surface area (Å²) in [7, 11) is 0. The zero-order valence-corrected chi connectivity index (χ0v) is 17.9. The summed E-state index contributed by atoms with van der Waals surface area (Å²) in [4.78, 5) is 48.9. The Bertz CT molecular complexity index is 758. The highest BCUT2D eigenvalue weighted by Crippen LogP contribution is 2.65. The lowest BCUT2D eigenvalue weighted by atomic mass is 9.45. The number of esters is 2. The fourth-order valence-corrected chi connectivity index (χ4v) is 7.46. The molecule has 0 N–H and O–H groups in total. The van der Waals surface area contributed by atoms with Gasteiger partial charge in [-0.05, 0) is 55.3 Å². The Morgan fingerprint density at radius 1 is 0.862 bits per heavy atom. The van der Waals surface area contributed by atoms with Gasteiger partial charge in [0.2, 0.25) is 0 Å². The average molecular weight is 405 g/mol. The highest BCUT2D eigenvalue weighted by Gasteiger charge is 2.65. The van der Waals surface area contributed by atoms with E-state index in [0.717, 1.165) is 25.7 Å². The van der Waals surface area contributed by atoms with Gasteiger partial charge >= 0.3 is 11.9 Å². The van der Waals surface area contributed by atoms with E-state index in [2.05, 4.69) is 13.8 Å². The van der Waals surface area contributed by atoms with Gasteiger partial charge in [-0.1, -0.05) is 13.8 Å². The van der Waals surface area contributed by atoms with E-state index in [9.17, 15) is 19.2 Å². The maximum absolute atomic E-state index is 13.2. The summed E-state index contributed by atoms with van der Waals surface area (Å²) in [6.07, 6.45) is 4.11. The zero-order chi connectivity index (χ0) is 21.1. The number of hydrogen-bond acceptors (Lipinski definition) is 6. The van der Waals surface area contributed by atoms with Gasteiger partial charge in [0.1, 0.15) is 11.9 Å². The van der Waals surface area contributed by atoms with Crippen LogP contribution in [0, 0.1) is 34.5 Å². The molecule has 8 atom stereocenters. The molecular weight excluding hydrogens is 372 g/mol. The third kappa shape index (κ3) is 3.14. The van der Waals surface area contributed by atoms with E-state index < -0.39 is 12.1 Å². The first kappa shape index (κ1) is 20.5. The summed E-state index contributed by atoms with van der Waals surface area (Å²) in [5.41, 5.74) is -0.483. The van der Waals surface area contributed by atoms with Gasteiger partial charge in [-0.3, -0.25) is 19.2 Å². The lowest BCUT2D eigenvalue weighted by Crippen LogP contribution is -2.57. The van der Waals surface area contributed by atoms with Crippen molar-refractivity contribution in [1.29, 1.82) is 0 Å². The Hall–Kier alpha value is -1.72. The zero-order valence-electron chi connectivity index (χ0n) is 17.9. The molecule has 0 spiro atoms. The van der Waals surface area contributed by atoms with Crippen molar-refractivity contribution in [3.63, 3.8) is 0 Å². The number of ketones is 2. The second-order valence-electron chi connectivity index (χ2n) is 10.3. The molecule has 4 aliphatic carbocycles. The number of carbonyl (C=O) groups excluding carboxylic acids is 4. The summed E-state index contributed by atoms with van der Waals surface area (Å²) in [5.74, 6) is 0.114. The Morgan fingerprint density at radius 3 is 2.17 bits per heavy atom. The van der Waals surface area contributed by atoms with Crippen LogP contribution in [0.15, 0.2) is 0 Å². The number of hydrogen-bond donors (Lipinski definition) is 0. The van der Waals surface area contributed by atoms with E-state index in [1.807, 2.05) is 0 Å². The van der Waals surface area contributed by atoms with Crippen LogP contribution in [-0.2, 0) is 28.7 Å². The van der Waals surface area contributed by atoms with Crippen LogP contribution < -0.4 is 0 Å². The topological polar surface area (TPSA) is 86.7 Å². The molecule has 0 saturated heterocycles. The van der Waals surface area contributed by atoms with Gasteiger partial charge in [-0.15, -0.1) is 0 Å². The first-order chi connectivity index (χ1) is 13.6. The second-order valence-corrected chi connectivity index (χ2v) is 10.3. The molecule has 0 heterocycles. The number of ether oxygens (including phenoxy) is 2. The van der Waals surface area contributed by atoms with E-state index in [1.54, 1.807) is 0 Å². The van der Waals surface area contributed by atoms with Crippen LogP contribution in [-0.4, -0.2) is 35.7 Å². The van der Waals surface area contributed by atoms with E-state index in [-0.39, 0.29) is 52.2 Å². The summed E-state index contributed by atoms with van der Waals surface area (Å²) in [5, 5.41) is 0. The molecule has 0 aromatic carbocycles. The molecule has 29 heavy (non-hydrogen) atoms. The standard InChI is InChI=1S/C23H32O6/c1-12(24)28-14-5-7-22(3)16-6-8-23(4)17(11-20(27)21(23)29-13(2)25)15(16)10-19(26)18(22)9-14/h14-18,21H,5-11H2,1-4H3/t14-,15-,16+,17+,18-,21+,22-,23+/m0/s1. The van der Waals surface area contributed by atoms with E-state index in [1.165, 1.54) is 13.8 Å². The fraction of sp³-hybridized carbons (Fsp3) is 0.826. The van der Waals surface area contributed by atoms with Gasteiger partial charge in [-0.2, -0.15) is 0 Å². The molecule has 4 rings (SSSR count). The quantitative estimate of drug-likeness (QED) is 0.657. The third-order valence-corrected chi connectivity index (χ3v) is 8.78. The SMILES string of the molecule is CC(=O)O[C@H]1CC[C@@]2(C)[C@@H]3CC[C@@]4(C)[C@H](OC(C)=O)C(=O)C[C@@H]4[C@H]3CC(=O)[C@@H]2C1. The Labute approximate surface area is 172 Å². The van der Waals surface area contributed by atoms with Crippen LogP contribution in [0.3, 0.4) is 0 Å². The molecule has 4 saturated carbocycles. The molecule has 6 nitrogen and oxygen atoms in total. The highest BCUT2D eigenvalue weighted by molar-refractivity contribution is 5.89. The van der Waals surface area contributed by atoms with Crippen molar-refractivity contribution >= 4 is 23.5 Å². The smallest absolute Gasteiger partial charge is 0.303 e. The maximum atomic E-state index is 13.2. The summed E-state index contributed by atoms with van der Waals surface area (Å²) >= 11 is 0. The molecule has 0 unspecified atom stereocenters. The molecule has 0 radical (unpaired) electrons. The third-order valence-electron chi connectivity index (χ3n) is 8.78. The van der Waals surface area contributed by atoms with Crippen molar-refractivity contribution in [2.75, 3.05) is 0 Å². The lowest BCUT2D eigenvalue weighted by molar-refractivity contribution is -0.175. The second kappa shape index (κ2) is 6.92. The number of Topliss-reactive ketones (excluding diaryl/α,β-unsaturated/α-hetero) is 2. The molecule has 4 fully saturated rings. The predicted octanol–water partition coefficient (Wildman–Crippen LogP) is 3.25. The summed E-state index contributed by atoms with van der Waals surface area (Å²) < 4.78 is 10.9. The Morgan fingerprint density at radius 2 is 1.52 bits per heavy atom. The van der Waals surface area contributed by atoms with Crippen molar-refractivity contribution < 1.29 is 28.7 Å². The molecule has 0 aromatic heterocycles. The van der Waals surface area contributed by atoms with Gasteiger partial charge in [0.25, 0.3) is 0 Å². The van der Waals surface area contributed by atoms with Crippen LogP contribution in [0.25, 0.3) is 0 Å². The maximum Gasteiger partial charge on any atom is 0.303 e. The molecular formula is C23H32O6. The molecule has 4 aliphatic rings. The van der Waals surface area contributed by atoms with Crippen molar-refractivity contribution in [1.82, 2.24) is 0 Å². The predicted molar refractivity (Wildman–Crippen MR) is 104 cm³/mol. The first-order valence-corrected chi connectivity index (χ1v) is 11.0. The largest absolute Gasteiger partial charge is 0.463 e. The average Bonchev–Trinajstić information content (AvgIpc) is 2.87.